The molecule has 2 N–H and O–H groups in total. The van der Waals surface area contributed by atoms with Crippen LogP contribution in [0, 0.1) is 32.5 Å². The zero-order valence-corrected chi connectivity index (χ0v) is 26.5. The summed E-state index contributed by atoms with van der Waals surface area (Å²) in [6.45, 7) is 27.6. The van der Waals surface area contributed by atoms with Crippen molar-refractivity contribution in [1.29, 1.82) is 0 Å². The van der Waals surface area contributed by atoms with Gasteiger partial charge in [0.1, 0.15) is 0 Å². The average molecular weight is 513 g/mol. The molecule has 0 saturated carbocycles. The van der Waals surface area contributed by atoms with Crippen molar-refractivity contribution in [2.75, 3.05) is 0 Å². The number of hydrogen-bond acceptors (Lipinski definition) is 2. The lowest BCUT2D eigenvalue weighted by Crippen LogP contribution is -2.55. The van der Waals surface area contributed by atoms with E-state index in [-0.39, 0.29) is 32.5 Å². The molecule has 2 unspecified atom stereocenters. The van der Waals surface area contributed by atoms with E-state index in [1.807, 2.05) is 0 Å². The molecule has 0 spiro atoms. The summed E-state index contributed by atoms with van der Waals surface area (Å²) < 4.78 is 0. The second kappa shape index (κ2) is 11.2. The zero-order chi connectivity index (χ0) is 28.5. The monoisotopic (exact) mass is 512 g/mol. The predicted molar refractivity (Wildman–Crippen MR) is 161 cm³/mol. The highest BCUT2D eigenvalue weighted by Crippen LogP contribution is 2.61. The van der Waals surface area contributed by atoms with Gasteiger partial charge >= 0.3 is 0 Å². The molecule has 0 saturated heterocycles. The van der Waals surface area contributed by atoms with Gasteiger partial charge in [0.05, 0.1) is 12.2 Å². The Bertz CT molecular complexity index is 800. The Balaban J connectivity index is 2.39. The van der Waals surface area contributed by atoms with Crippen LogP contribution in [0.25, 0.3) is 0 Å². The van der Waals surface area contributed by atoms with Crippen molar-refractivity contribution in [1.82, 2.24) is 0 Å². The third kappa shape index (κ3) is 5.23. The van der Waals surface area contributed by atoms with Crippen molar-refractivity contribution in [3.63, 3.8) is 0 Å². The molecule has 0 amide bonds. The van der Waals surface area contributed by atoms with Crippen LogP contribution in [0.1, 0.15) is 128 Å². The summed E-state index contributed by atoms with van der Waals surface area (Å²) in [7, 11) is 0. The minimum atomic E-state index is -0.472. The molecule has 2 nitrogen and oxygen atoms in total. The van der Waals surface area contributed by atoms with Crippen molar-refractivity contribution in [3.05, 3.63) is 47.6 Å². The standard InChI is InChI=1S/C35H60O2/c1-13-30(5,6)34(31(7,8)14-2)24-26(20-22-28(34)36)18-17-19-27-21-23-29(37)35(25-27,32(9,10)15-3)33(11,12)16-4/h20-25,28-29,36-37H,13-19H2,1-12H3. The van der Waals surface area contributed by atoms with Gasteiger partial charge in [0.2, 0.25) is 0 Å². The molecule has 0 aromatic heterocycles. The third-order valence-electron chi connectivity index (χ3n) is 11.7. The molecule has 212 valence electrons. The number of aliphatic hydroxyl groups excluding tert-OH is 2. The summed E-state index contributed by atoms with van der Waals surface area (Å²) >= 11 is 0. The highest BCUT2D eigenvalue weighted by molar-refractivity contribution is 5.36. The van der Waals surface area contributed by atoms with Gasteiger partial charge in [-0.2, -0.15) is 0 Å². The van der Waals surface area contributed by atoms with Crippen LogP contribution in [-0.4, -0.2) is 22.4 Å². The van der Waals surface area contributed by atoms with E-state index in [1.54, 1.807) is 0 Å². The van der Waals surface area contributed by atoms with Gasteiger partial charge in [-0.25, -0.2) is 0 Å². The molecular weight excluding hydrogens is 452 g/mol. The van der Waals surface area contributed by atoms with Gasteiger partial charge in [-0.15, -0.1) is 0 Å². The fourth-order valence-corrected chi connectivity index (χ4v) is 7.78. The molecule has 2 aliphatic rings. The Kier molecular flexibility index (Phi) is 9.69. The number of hydrogen-bond donors (Lipinski definition) is 2. The Hall–Kier alpha value is -1.12. The van der Waals surface area contributed by atoms with Crippen LogP contribution in [0.2, 0.25) is 0 Å². The largest absolute Gasteiger partial charge is 0.388 e. The van der Waals surface area contributed by atoms with Gasteiger partial charge in [0, 0.05) is 10.8 Å². The average Bonchev–Trinajstić information content (AvgIpc) is 2.85. The maximum atomic E-state index is 11.4. The van der Waals surface area contributed by atoms with Crippen LogP contribution in [-0.2, 0) is 0 Å². The SMILES string of the molecule is CCC(C)(C)C1(C(C)(C)CC)C=C(CCCC2=CC(C(C)(C)CC)(C(C)(C)CC)C(O)C=C2)C=CC1O. The van der Waals surface area contributed by atoms with E-state index in [0.29, 0.717) is 0 Å². The third-order valence-corrected chi connectivity index (χ3v) is 11.7. The lowest BCUT2D eigenvalue weighted by Gasteiger charge is -2.58. The first-order chi connectivity index (χ1) is 16.9. The first-order valence-corrected chi connectivity index (χ1v) is 15.1. The van der Waals surface area contributed by atoms with Crippen LogP contribution in [0.15, 0.2) is 47.6 Å². The maximum Gasteiger partial charge on any atom is 0.0825 e. The quantitative estimate of drug-likeness (QED) is 0.273. The topological polar surface area (TPSA) is 40.5 Å². The van der Waals surface area contributed by atoms with Crippen molar-refractivity contribution in [2.24, 2.45) is 32.5 Å². The van der Waals surface area contributed by atoms with Gasteiger partial charge in [-0.3, -0.25) is 0 Å². The summed E-state index contributed by atoms with van der Waals surface area (Å²) in [4.78, 5) is 0. The van der Waals surface area contributed by atoms with Crippen LogP contribution in [0.4, 0.5) is 0 Å². The smallest absolute Gasteiger partial charge is 0.0825 e. The first kappa shape index (κ1) is 32.1. The summed E-state index contributed by atoms with van der Waals surface area (Å²) in [6, 6.07) is 0. The molecule has 0 fully saturated rings. The van der Waals surface area contributed by atoms with E-state index < -0.39 is 12.2 Å². The van der Waals surface area contributed by atoms with E-state index >= 15 is 0 Å². The lowest BCUT2D eigenvalue weighted by atomic mass is 9.47. The van der Waals surface area contributed by atoms with Crippen LogP contribution >= 0.6 is 0 Å². The summed E-state index contributed by atoms with van der Waals surface area (Å²) in [6.07, 6.45) is 19.5. The molecule has 2 aliphatic carbocycles. The Labute approximate surface area is 230 Å². The molecule has 0 aromatic carbocycles. The van der Waals surface area contributed by atoms with Crippen molar-refractivity contribution >= 4 is 0 Å². The van der Waals surface area contributed by atoms with Crippen molar-refractivity contribution in [3.8, 4) is 0 Å². The molecule has 0 heterocycles. The molecule has 0 aliphatic heterocycles. The Morgan fingerprint density at radius 1 is 0.568 bits per heavy atom. The van der Waals surface area contributed by atoms with E-state index in [9.17, 15) is 10.2 Å². The highest BCUT2D eigenvalue weighted by atomic mass is 16.3. The fourth-order valence-electron chi connectivity index (χ4n) is 7.78. The number of allylic oxidation sites excluding steroid dienone is 4. The Morgan fingerprint density at radius 2 is 0.838 bits per heavy atom. The summed E-state index contributed by atoms with van der Waals surface area (Å²) in [5.74, 6) is 0. The molecule has 2 atom stereocenters. The molecule has 0 bridgehead atoms. The van der Waals surface area contributed by atoms with Crippen LogP contribution in [0.5, 0.6) is 0 Å². The molecule has 0 aromatic rings. The van der Waals surface area contributed by atoms with Crippen molar-refractivity contribution in [2.45, 2.75) is 140 Å². The van der Waals surface area contributed by atoms with E-state index in [2.05, 4.69) is 120 Å². The van der Waals surface area contributed by atoms with Crippen LogP contribution < -0.4 is 0 Å². The normalized spacial score (nSPS) is 24.2. The highest BCUT2D eigenvalue weighted by Gasteiger charge is 2.57. The number of aliphatic hydroxyl groups is 2. The second-order valence-electron chi connectivity index (χ2n) is 14.6. The lowest BCUT2D eigenvalue weighted by molar-refractivity contribution is -0.0911. The number of rotatable bonds is 12. The first-order valence-electron chi connectivity index (χ1n) is 15.1. The van der Waals surface area contributed by atoms with Gasteiger partial charge in [0.25, 0.3) is 0 Å². The van der Waals surface area contributed by atoms with E-state index in [1.165, 1.54) is 11.1 Å². The minimum Gasteiger partial charge on any atom is -0.388 e. The van der Waals surface area contributed by atoms with Crippen LogP contribution in [0.3, 0.4) is 0 Å². The van der Waals surface area contributed by atoms with Gasteiger partial charge in [0.15, 0.2) is 0 Å². The minimum absolute atomic E-state index is 0.0240. The summed E-state index contributed by atoms with van der Waals surface area (Å²) in [5, 5.41) is 22.8. The molecule has 0 radical (unpaired) electrons. The molecule has 2 heteroatoms. The Morgan fingerprint density at radius 3 is 1.08 bits per heavy atom. The van der Waals surface area contributed by atoms with E-state index in [0.717, 1.165) is 44.9 Å². The van der Waals surface area contributed by atoms with Gasteiger partial charge in [-0.05, 0) is 40.9 Å². The molecule has 37 heavy (non-hydrogen) atoms. The zero-order valence-electron chi connectivity index (χ0n) is 26.5. The second-order valence-corrected chi connectivity index (χ2v) is 14.6. The summed E-state index contributed by atoms with van der Waals surface area (Å²) in [5.41, 5.74) is 2.01. The molecular formula is C35H60O2. The van der Waals surface area contributed by atoms with E-state index in [4.69, 9.17) is 0 Å². The van der Waals surface area contributed by atoms with Gasteiger partial charge < -0.3 is 10.2 Å². The maximum absolute atomic E-state index is 11.4. The fraction of sp³-hybridized carbons (Fsp3) is 0.771. The predicted octanol–water partition coefficient (Wildman–Crippen LogP) is 9.59. The van der Waals surface area contributed by atoms with Crippen molar-refractivity contribution < 1.29 is 10.2 Å². The van der Waals surface area contributed by atoms with Gasteiger partial charge in [-0.1, -0.05) is 156 Å². The molecule has 2 rings (SSSR count).